The largest absolute Gasteiger partial charge is 0.303 e. The zero-order chi connectivity index (χ0) is 10.9. The molecule has 3 heteroatoms. The van der Waals surface area contributed by atoms with E-state index in [2.05, 4.69) is 0 Å². The Bertz CT molecular complexity index is 258. The minimum atomic E-state index is -0.680. The molecule has 0 bridgehead atoms. The molecular formula is C11H16O3. The average Bonchev–Trinajstić information content (AvgIpc) is 1.99. The van der Waals surface area contributed by atoms with Gasteiger partial charge >= 0.3 is 0 Å². The molecule has 0 aromatic heterocycles. The van der Waals surface area contributed by atoms with Gasteiger partial charge in [-0.1, -0.05) is 20.8 Å². The molecule has 0 heterocycles. The Morgan fingerprint density at radius 1 is 1.29 bits per heavy atom. The van der Waals surface area contributed by atoms with Gasteiger partial charge in [-0.2, -0.15) is 0 Å². The maximum absolute atomic E-state index is 11.6. The maximum Gasteiger partial charge on any atom is 0.144 e. The van der Waals surface area contributed by atoms with Crippen molar-refractivity contribution in [3.63, 3.8) is 0 Å². The molecule has 0 radical (unpaired) electrons. The van der Waals surface area contributed by atoms with Gasteiger partial charge in [0.1, 0.15) is 17.9 Å². The van der Waals surface area contributed by atoms with Crippen LogP contribution < -0.4 is 0 Å². The number of ketones is 2. The zero-order valence-corrected chi connectivity index (χ0v) is 8.87. The second-order valence-corrected chi connectivity index (χ2v) is 4.92. The van der Waals surface area contributed by atoms with Crippen molar-refractivity contribution in [3.05, 3.63) is 0 Å². The van der Waals surface area contributed by atoms with Crippen LogP contribution in [0.3, 0.4) is 0 Å². The lowest BCUT2D eigenvalue weighted by atomic mass is 9.68. The summed E-state index contributed by atoms with van der Waals surface area (Å²) in [5, 5.41) is 0. The first kappa shape index (κ1) is 11.1. The summed E-state index contributed by atoms with van der Waals surface area (Å²) in [6.45, 7) is 5.45. The first-order chi connectivity index (χ1) is 6.37. The Balaban J connectivity index is 2.86. The number of rotatable bonds is 2. The Labute approximate surface area is 83.9 Å². The fraction of sp³-hybridized carbons (Fsp3) is 0.727. The molecule has 1 fully saturated rings. The Morgan fingerprint density at radius 2 is 1.71 bits per heavy atom. The van der Waals surface area contributed by atoms with E-state index < -0.39 is 11.8 Å². The number of hydrogen-bond donors (Lipinski definition) is 0. The molecule has 0 saturated heterocycles. The van der Waals surface area contributed by atoms with Gasteiger partial charge in [0, 0.05) is 18.8 Å². The van der Waals surface area contributed by atoms with E-state index in [1.807, 2.05) is 13.8 Å². The van der Waals surface area contributed by atoms with E-state index in [1.54, 1.807) is 6.92 Å². The van der Waals surface area contributed by atoms with Gasteiger partial charge in [0.15, 0.2) is 0 Å². The summed E-state index contributed by atoms with van der Waals surface area (Å²) in [6, 6.07) is 0. The highest BCUT2D eigenvalue weighted by molar-refractivity contribution is 6.06. The highest BCUT2D eigenvalue weighted by Gasteiger charge is 2.41. The summed E-state index contributed by atoms with van der Waals surface area (Å²) < 4.78 is 0. The molecule has 1 unspecified atom stereocenters. The van der Waals surface area contributed by atoms with Crippen molar-refractivity contribution in [1.29, 1.82) is 0 Å². The van der Waals surface area contributed by atoms with Crippen LogP contribution in [0, 0.1) is 17.3 Å². The van der Waals surface area contributed by atoms with Crippen LogP contribution in [0.4, 0.5) is 0 Å². The number of carbonyl (C=O) groups excluding carboxylic acids is 3. The van der Waals surface area contributed by atoms with Crippen molar-refractivity contribution in [2.75, 3.05) is 0 Å². The van der Waals surface area contributed by atoms with Crippen LogP contribution in [0.5, 0.6) is 0 Å². The molecule has 0 aromatic carbocycles. The zero-order valence-electron chi connectivity index (χ0n) is 8.87. The summed E-state index contributed by atoms with van der Waals surface area (Å²) in [5.74, 6) is -1.30. The predicted molar refractivity (Wildman–Crippen MR) is 51.7 cm³/mol. The van der Waals surface area contributed by atoms with E-state index in [0.29, 0.717) is 19.1 Å². The topological polar surface area (TPSA) is 51.2 Å². The van der Waals surface area contributed by atoms with E-state index in [1.165, 1.54) is 0 Å². The third-order valence-electron chi connectivity index (χ3n) is 2.74. The number of Topliss-reactive ketones (excluding diaryl/α,β-unsaturated/α-hetero) is 2. The van der Waals surface area contributed by atoms with Crippen molar-refractivity contribution in [2.24, 2.45) is 17.3 Å². The molecule has 1 aliphatic rings. The van der Waals surface area contributed by atoms with Crippen LogP contribution >= 0.6 is 0 Å². The monoisotopic (exact) mass is 196 g/mol. The maximum atomic E-state index is 11.6. The predicted octanol–water partition coefficient (Wildman–Crippen LogP) is 1.40. The lowest BCUT2D eigenvalue weighted by Crippen LogP contribution is -2.41. The van der Waals surface area contributed by atoms with Crippen molar-refractivity contribution < 1.29 is 14.4 Å². The van der Waals surface area contributed by atoms with Gasteiger partial charge in [0.25, 0.3) is 0 Å². The van der Waals surface area contributed by atoms with Gasteiger partial charge in [-0.05, 0) is 5.41 Å². The van der Waals surface area contributed by atoms with Crippen LogP contribution in [0.1, 0.15) is 33.6 Å². The smallest absolute Gasteiger partial charge is 0.144 e. The molecule has 1 saturated carbocycles. The standard InChI is InChI=1S/C11H16O3/c1-7(6-12)10-8(13)4-11(2,3)5-9(10)14/h6-7,10H,4-5H2,1-3H3. The van der Waals surface area contributed by atoms with Crippen LogP contribution in [-0.2, 0) is 14.4 Å². The van der Waals surface area contributed by atoms with Crippen LogP contribution in [0.25, 0.3) is 0 Å². The molecule has 14 heavy (non-hydrogen) atoms. The molecule has 0 aliphatic heterocycles. The Hall–Kier alpha value is -0.990. The summed E-state index contributed by atoms with van der Waals surface area (Å²) in [5.41, 5.74) is -0.229. The quantitative estimate of drug-likeness (QED) is 0.495. The third-order valence-corrected chi connectivity index (χ3v) is 2.74. The SMILES string of the molecule is CC(C=O)C1C(=O)CC(C)(C)CC1=O. The molecule has 3 nitrogen and oxygen atoms in total. The van der Waals surface area contributed by atoms with Gasteiger partial charge in [-0.15, -0.1) is 0 Å². The number of aldehydes is 1. The van der Waals surface area contributed by atoms with E-state index >= 15 is 0 Å². The Kier molecular flexibility index (Phi) is 2.88. The minimum absolute atomic E-state index is 0.0779. The Morgan fingerprint density at radius 3 is 2.07 bits per heavy atom. The third kappa shape index (κ3) is 2.08. The fourth-order valence-electron chi connectivity index (χ4n) is 2.07. The normalized spacial score (nSPS) is 24.8. The summed E-state index contributed by atoms with van der Waals surface area (Å²) in [6.07, 6.45) is 1.50. The molecule has 1 aliphatic carbocycles. The van der Waals surface area contributed by atoms with Gasteiger partial charge in [0.05, 0.1) is 5.92 Å². The van der Waals surface area contributed by atoms with Crippen molar-refractivity contribution in [1.82, 2.24) is 0 Å². The minimum Gasteiger partial charge on any atom is -0.303 e. The summed E-state index contributed by atoms with van der Waals surface area (Å²) in [4.78, 5) is 33.8. The van der Waals surface area contributed by atoms with Crippen molar-refractivity contribution >= 4 is 17.9 Å². The average molecular weight is 196 g/mol. The van der Waals surface area contributed by atoms with Gasteiger partial charge in [0.2, 0.25) is 0 Å². The fourth-order valence-corrected chi connectivity index (χ4v) is 2.07. The van der Waals surface area contributed by atoms with Gasteiger partial charge in [-0.3, -0.25) is 9.59 Å². The van der Waals surface area contributed by atoms with Crippen LogP contribution in [0.2, 0.25) is 0 Å². The van der Waals surface area contributed by atoms with Crippen LogP contribution in [0.15, 0.2) is 0 Å². The molecule has 0 aromatic rings. The second-order valence-electron chi connectivity index (χ2n) is 4.92. The van der Waals surface area contributed by atoms with Gasteiger partial charge in [-0.25, -0.2) is 0 Å². The van der Waals surface area contributed by atoms with E-state index in [4.69, 9.17) is 0 Å². The second kappa shape index (κ2) is 3.64. The molecule has 0 N–H and O–H groups in total. The lowest BCUT2D eigenvalue weighted by Gasteiger charge is -2.33. The highest BCUT2D eigenvalue weighted by atomic mass is 16.2. The molecule has 0 spiro atoms. The summed E-state index contributed by atoms with van der Waals surface area (Å²) >= 11 is 0. The van der Waals surface area contributed by atoms with Crippen molar-refractivity contribution in [3.8, 4) is 0 Å². The molecule has 0 amide bonds. The highest BCUT2D eigenvalue weighted by Crippen LogP contribution is 2.35. The van der Waals surface area contributed by atoms with E-state index in [9.17, 15) is 14.4 Å². The van der Waals surface area contributed by atoms with E-state index in [-0.39, 0.29) is 17.0 Å². The lowest BCUT2D eigenvalue weighted by molar-refractivity contribution is -0.143. The first-order valence-electron chi connectivity index (χ1n) is 4.88. The number of carbonyl (C=O) groups is 3. The molecule has 1 rings (SSSR count). The molecule has 78 valence electrons. The molecule has 1 atom stereocenters. The molecular weight excluding hydrogens is 180 g/mol. The van der Waals surface area contributed by atoms with Crippen molar-refractivity contribution in [2.45, 2.75) is 33.6 Å². The number of hydrogen-bond acceptors (Lipinski definition) is 3. The first-order valence-corrected chi connectivity index (χ1v) is 4.88. The summed E-state index contributed by atoms with van der Waals surface area (Å²) in [7, 11) is 0. The van der Waals surface area contributed by atoms with Gasteiger partial charge < -0.3 is 4.79 Å². The van der Waals surface area contributed by atoms with E-state index in [0.717, 1.165) is 0 Å². The van der Waals surface area contributed by atoms with Crippen LogP contribution in [-0.4, -0.2) is 17.9 Å².